The molecule has 0 saturated carbocycles. The molecule has 2 atom stereocenters. The molecule has 19 heavy (non-hydrogen) atoms. The molecule has 0 fully saturated rings. The lowest BCUT2D eigenvalue weighted by Gasteiger charge is -2.20. The molecular weight excluding hydrogens is 240 g/mol. The van der Waals surface area contributed by atoms with Crippen LogP contribution in [0.2, 0.25) is 0 Å². The van der Waals surface area contributed by atoms with Crippen molar-refractivity contribution in [3.63, 3.8) is 0 Å². The van der Waals surface area contributed by atoms with Crippen molar-refractivity contribution in [2.45, 2.75) is 19.0 Å². The molecule has 1 aliphatic heterocycles. The summed E-state index contributed by atoms with van der Waals surface area (Å²) in [6.07, 6.45) is -0.783. The molecule has 3 rings (SSSR count). The summed E-state index contributed by atoms with van der Waals surface area (Å²) in [7, 11) is 0. The molecule has 1 aliphatic rings. The van der Waals surface area contributed by atoms with Crippen molar-refractivity contribution in [1.29, 1.82) is 0 Å². The number of benzene rings is 2. The third kappa shape index (κ3) is 2.54. The molecule has 0 aromatic heterocycles. The van der Waals surface area contributed by atoms with Gasteiger partial charge < -0.3 is 14.6 Å². The first-order chi connectivity index (χ1) is 9.38. The largest absolute Gasteiger partial charge is 0.393 e. The number of aliphatic hydroxyl groups is 1. The van der Waals surface area contributed by atoms with E-state index >= 15 is 0 Å². The summed E-state index contributed by atoms with van der Waals surface area (Å²) >= 11 is 0. The Labute approximate surface area is 112 Å². The highest BCUT2D eigenvalue weighted by Crippen LogP contribution is 2.33. The summed E-state index contributed by atoms with van der Waals surface area (Å²) in [4.78, 5) is 0. The van der Waals surface area contributed by atoms with Crippen molar-refractivity contribution in [2.75, 3.05) is 6.61 Å². The number of fused-ring (bicyclic) bond motifs is 1. The topological polar surface area (TPSA) is 38.7 Å². The standard InChI is InChI=1S/C16H16O3/c17-10-15-14-9-5-4-8-13(14)11-18-16(19-15)12-6-2-1-3-7-12/h1-9,15-17H,10-11H2. The van der Waals surface area contributed by atoms with Gasteiger partial charge in [-0.1, -0.05) is 54.6 Å². The first-order valence-electron chi connectivity index (χ1n) is 6.39. The van der Waals surface area contributed by atoms with Crippen LogP contribution in [0.1, 0.15) is 29.1 Å². The maximum atomic E-state index is 9.55. The van der Waals surface area contributed by atoms with Gasteiger partial charge in [-0.2, -0.15) is 0 Å². The van der Waals surface area contributed by atoms with Crippen molar-refractivity contribution < 1.29 is 14.6 Å². The summed E-state index contributed by atoms with van der Waals surface area (Å²) < 4.78 is 11.7. The van der Waals surface area contributed by atoms with E-state index in [9.17, 15) is 5.11 Å². The van der Waals surface area contributed by atoms with Gasteiger partial charge in [-0.25, -0.2) is 0 Å². The molecule has 1 N–H and O–H groups in total. The van der Waals surface area contributed by atoms with Crippen LogP contribution in [0.25, 0.3) is 0 Å². The summed E-state index contributed by atoms with van der Waals surface area (Å²) in [6.45, 7) is 0.440. The van der Waals surface area contributed by atoms with E-state index in [1.165, 1.54) is 0 Å². The minimum atomic E-state index is -0.439. The molecule has 2 aromatic rings. The highest BCUT2D eigenvalue weighted by atomic mass is 16.7. The van der Waals surface area contributed by atoms with E-state index in [1.54, 1.807) is 0 Å². The lowest BCUT2D eigenvalue weighted by molar-refractivity contribution is -0.182. The normalized spacial score (nSPS) is 22.6. The van der Waals surface area contributed by atoms with Crippen LogP contribution >= 0.6 is 0 Å². The molecule has 0 saturated heterocycles. The molecule has 3 heteroatoms. The summed E-state index contributed by atoms with van der Waals surface area (Å²) in [6, 6.07) is 17.7. The molecule has 98 valence electrons. The Kier molecular flexibility index (Phi) is 3.60. The van der Waals surface area contributed by atoms with Crippen LogP contribution in [0.15, 0.2) is 54.6 Å². The number of hydrogen-bond acceptors (Lipinski definition) is 3. The van der Waals surface area contributed by atoms with E-state index in [-0.39, 0.29) is 12.7 Å². The average molecular weight is 256 g/mol. The first-order valence-corrected chi connectivity index (χ1v) is 6.39. The third-order valence-corrected chi connectivity index (χ3v) is 3.32. The predicted octanol–water partition coefficient (Wildman–Crippen LogP) is 2.97. The van der Waals surface area contributed by atoms with Gasteiger partial charge in [0.1, 0.15) is 6.10 Å². The molecule has 3 nitrogen and oxygen atoms in total. The van der Waals surface area contributed by atoms with Crippen molar-refractivity contribution in [1.82, 2.24) is 0 Å². The highest BCUT2D eigenvalue weighted by molar-refractivity contribution is 5.30. The van der Waals surface area contributed by atoms with Gasteiger partial charge in [-0.15, -0.1) is 0 Å². The molecule has 0 radical (unpaired) electrons. The molecule has 0 amide bonds. The number of ether oxygens (including phenoxy) is 2. The maximum absolute atomic E-state index is 9.55. The lowest BCUT2D eigenvalue weighted by Crippen LogP contribution is -2.12. The highest BCUT2D eigenvalue weighted by Gasteiger charge is 2.25. The number of hydrogen-bond donors (Lipinski definition) is 1. The molecule has 0 bridgehead atoms. The van der Waals surface area contributed by atoms with Crippen molar-refractivity contribution in [3.8, 4) is 0 Å². The summed E-state index contributed by atoms with van der Waals surface area (Å²) in [5.74, 6) is 0. The smallest absolute Gasteiger partial charge is 0.185 e. The van der Waals surface area contributed by atoms with Crippen LogP contribution in [-0.4, -0.2) is 11.7 Å². The lowest BCUT2D eigenvalue weighted by atomic mass is 10.0. The number of aliphatic hydroxyl groups excluding tert-OH is 1. The Hall–Kier alpha value is -1.68. The van der Waals surface area contributed by atoms with Crippen LogP contribution in [0.3, 0.4) is 0 Å². The third-order valence-electron chi connectivity index (χ3n) is 3.32. The van der Waals surface area contributed by atoms with E-state index < -0.39 is 6.29 Å². The van der Waals surface area contributed by atoms with E-state index in [4.69, 9.17) is 9.47 Å². The van der Waals surface area contributed by atoms with Gasteiger partial charge in [0.15, 0.2) is 6.29 Å². The van der Waals surface area contributed by atoms with Crippen LogP contribution in [0.4, 0.5) is 0 Å². The monoisotopic (exact) mass is 256 g/mol. The Morgan fingerprint density at radius 2 is 1.74 bits per heavy atom. The first kappa shape index (κ1) is 12.4. The summed E-state index contributed by atoms with van der Waals surface area (Å²) in [5, 5.41) is 9.55. The zero-order chi connectivity index (χ0) is 13.1. The Morgan fingerprint density at radius 3 is 2.53 bits per heavy atom. The fraction of sp³-hybridized carbons (Fsp3) is 0.250. The summed E-state index contributed by atoms with van der Waals surface area (Å²) in [5.41, 5.74) is 3.04. The van der Waals surface area contributed by atoms with Gasteiger partial charge in [0.2, 0.25) is 0 Å². The van der Waals surface area contributed by atoms with E-state index in [0.29, 0.717) is 6.61 Å². The Bertz CT molecular complexity index is 539. The van der Waals surface area contributed by atoms with Crippen molar-refractivity contribution in [3.05, 3.63) is 71.3 Å². The Balaban J connectivity index is 1.91. The molecule has 0 aliphatic carbocycles. The SMILES string of the molecule is OCC1OC(c2ccccc2)OCc2ccccc21. The second-order valence-electron chi connectivity index (χ2n) is 4.56. The van der Waals surface area contributed by atoms with Crippen molar-refractivity contribution >= 4 is 0 Å². The second-order valence-corrected chi connectivity index (χ2v) is 4.56. The van der Waals surface area contributed by atoms with E-state index in [0.717, 1.165) is 16.7 Å². The minimum absolute atomic E-state index is 0.0519. The fourth-order valence-corrected chi connectivity index (χ4v) is 2.33. The fourth-order valence-electron chi connectivity index (χ4n) is 2.33. The number of rotatable bonds is 2. The van der Waals surface area contributed by atoms with Crippen molar-refractivity contribution in [2.24, 2.45) is 0 Å². The average Bonchev–Trinajstić information content (AvgIpc) is 2.68. The minimum Gasteiger partial charge on any atom is -0.393 e. The zero-order valence-electron chi connectivity index (χ0n) is 10.5. The molecule has 0 spiro atoms. The molecule has 1 heterocycles. The van der Waals surface area contributed by atoms with Gasteiger partial charge in [-0.3, -0.25) is 0 Å². The van der Waals surface area contributed by atoms with Crippen LogP contribution in [0, 0.1) is 0 Å². The van der Waals surface area contributed by atoms with E-state index in [2.05, 4.69) is 0 Å². The van der Waals surface area contributed by atoms with Crippen LogP contribution in [-0.2, 0) is 16.1 Å². The van der Waals surface area contributed by atoms with Gasteiger partial charge in [0, 0.05) is 5.56 Å². The molecular formula is C16H16O3. The second kappa shape index (κ2) is 5.53. The molecule has 2 unspecified atom stereocenters. The quantitative estimate of drug-likeness (QED) is 0.897. The van der Waals surface area contributed by atoms with Gasteiger partial charge in [0.25, 0.3) is 0 Å². The zero-order valence-corrected chi connectivity index (χ0v) is 10.5. The van der Waals surface area contributed by atoms with Gasteiger partial charge in [0.05, 0.1) is 13.2 Å². The van der Waals surface area contributed by atoms with Gasteiger partial charge >= 0.3 is 0 Å². The van der Waals surface area contributed by atoms with Gasteiger partial charge in [-0.05, 0) is 11.1 Å². The predicted molar refractivity (Wildman–Crippen MR) is 71.3 cm³/mol. The van der Waals surface area contributed by atoms with E-state index in [1.807, 2.05) is 54.6 Å². The van der Waals surface area contributed by atoms with Crippen LogP contribution < -0.4 is 0 Å². The molecule has 2 aromatic carbocycles. The Morgan fingerprint density at radius 1 is 1.00 bits per heavy atom. The van der Waals surface area contributed by atoms with Crippen LogP contribution in [0.5, 0.6) is 0 Å². The maximum Gasteiger partial charge on any atom is 0.185 e.